The summed E-state index contributed by atoms with van der Waals surface area (Å²) in [5.74, 6) is 0.617. The number of rotatable bonds is 1. The molecule has 1 fully saturated rings. The Morgan fingerprint density at radius 2 is 2.11 bits per heavy atom. The zero-order chi connectivity index (χ0) is 10.8. The fourth-order valence-corrected chi connectivity index (χ4v) is 2.34. The molecule has 18 heavy (non-hydrogen) atoms. The Labute approximate surface area is 119 Å². The number of hydrogen-bond acceptors (Lipinski definition) is 3. The predicted molar refractivity (Wildman–Crippen MR) is 78.9 cm³/mol. The molecule has 1 saturated heterocycles. The molecule has 1 N–H and O–H groups in total. The highest BCUT2D eigenvalue weighted by molar-refractivity contribution is 5.85. The van der Waals surface area contributed by atoms with Crippen LogP contribution in [0, 0.1) is 0 Å². The average Bonchev–Trinajstić information content (AvgIpc) is 2.39. The molecule has 3 rings (SSSR count). The maximum atomic E-state index is 4.42. The fourth-order valence-electron chi connectivity index (χ4n) is 2.34. The van der Waals surface area contributed by atoms with Gasteiger partial charge < -0.3 is 5.32 Å². The van der Waals surface area contributed by atoms with E-state index in [1.165, 1.54) is 18.4 Å². The third kappa shape index (κ3) is 3.10. The van der Waals surface area contributed by atoms with Gasteiger partial charge in [-0.3, -0.25) is 0 Å². The number of aromatic nitrogens is 2. The van der Waals surface area contributed by atoms with Crippen LogP contribution >= 0.6 is 24.8 Å². The minimum absolute atomic E-state index is 0. The summed E-state index contributed by atoms with van der Waals surface area (Å²) in [7, 11) is 0. The Morgan fingerprint density at radius 3 is 2.89 bits per heavy atom. The summed E-state index contributed by atoms with van der Waals surface area (Å²) < 4.78 is 0. The summed E-state index contributed by atoms with van der Waals surface area (Å²) in [5, 5.41) is 4.58. The Balaban J connectivity index is 0.000000810. The van der Waals surface area contributed by atoms with Gasteiger partial charge in [-0.15, -0.1) is 24.8 Å². The molecular formula is C13H17Cl2N3. The predicted octanol–water partition coefficient (Wildman–Crippen LogP) is 2.94. The van der Waals surface area contributed by atoms with Crippen LogP contribution in [0.25, 0.3) is 11.0 Å². The molecule has 3 heterocycles. The van der Waals surface area contributed by atoms with Gasteiger partial charge in [-0.05, 0) is 49.1 Å². The number of hydrogen-bond donors (Lipinski definition) is 1. The van der Waals surface area contributed by atoms with E-state index in [4.69, 9.17) is 0 Å². The standard InChI is InChI=1S/C13H15N3.2ClH/c1-4-11(8-14-5-1)12-7-10-3-2-6-15-13(10)16-9-12;;/h2-3,6-7,9,11,14H,1,4-5,8H2;2*1H. The molecule has 1 atom stereocenters. The van der Waals surface area contributed by atoms with Crippen LogP contribution in [0.3, 0.4) is 0 Å². The van der Waals surface area contributed by atoms with Crippen molar-refractivity contribution in [3.05, 3.63) is 36.2 Å². The molecule has 0 radical (unpaired) electrons. The van der Waals surface area contributed by atoms with Crippen molar-refractivity contribution in [2.45, 2.75) is 18.8 Å². The number of pyridine rings is 2. The SMILES string of the molecule is Cl.Cl.c1cnc2ncc(C3CCCNC3)cc2c1. The Bertz CT molecular complexity index is 498. The maximum absolute atomic E-state index is 4.42. The smallest absolute Gasteiger partial charge is 0.159 e. The summed E-state index contributed by atoms with van der Waals surface area (Å²) in [4.78, 5) is 8.66. The van der Waals surface area contributed by atoms with Crippen molar-refractivity contribution < 1.29 is 0 Å². The lowest BCUT2D eigenvalue weighted by atomic mass is 9.92. The molecular weight excluding hydrogens is 269 g/mol. The summed E-state index contributed by atoms with van der Waals surface area (Å²) in [6, 6.07) is 6.27. The molecule has 5 heteroatoms. The normalized spacial score (nSPS) is 18.8. The van der Waals surface area contributed by atoms with E-state index in [1.807, 2.05) is 12.3 Å². The van der Waals surface area contributed by atoms with E-state index in [0.717, 1.165) is 24.1 Å². The van der Waals surface area contributed by atoms with Crippen molar-refractivity contribution in [3.8, 4) is 0 Å². The first kappa shape index (κ1) is 15.2. The lowest BCUT2D eigenvalue weighted by Crippen LogP contribution is -2.28. The van der Waals surface area contributed by atoms with E-state index < -0.39 is 0 Å². The number of nitrogens with zero attached hydrogens (tertiary/aromatic N) is 2. The van der Waals surface area contributed by atoms with Crippen LogP contribution in [0.5, 0.6) is 0 Å². The Hall–Kier alpha value is -0.900. The third-order valence-electron chi connectivity index (χ3n) is 3.24. The molecule has 2 aromatic heterocycles. The molecule has 3 nitrogen and oxygen atoms in total. The molecule has 0 saturated carbocycles. The number of nitrogens with one attached hydrogen (secondary N) is 1. The lowest BCUT2D eigenvalue weighted by Gasteiger charge is -2.22. The topological polar surface area (TPSA) is 37.8 Å². The van der Waals surface area contributed by atoms with Gasteiger partial charge in [0.15, 0.2) is 5.65 Å². The zero-order valence-electron chi connectivity index (χ0n) is 10.0. The van der Waals surface area contributed by atoms with Gasteiger partial charge in [0.25, 0.3) is 0 Å². The van der Waals surface area contributed by atoms with Crippen molar-refractivity contribution in [2.75, 3.05) is 13.1 Å². The van der Waals surface area contributed by atoms with Gasteiger partial charge in [0.05, 0.1) is 0 Å². The molecule has 0 bridgehead atoms. The van der Waals surface area contributed by atoms with Gasteiger partial charge in [0.1, 0.15) is 0 Å². The van der Waals surface area contributed by atoms with Gasteiger partial charge in [0, 0.05) is 24.3 Å². The molecule has 2 aromatic rings. The van der Waals surface area contributed by atoms with E-state index in [-0.39, 0.29) is 24.8 Å². The maximum Gasteiger partial charge on any atom is 0.159 e. The van der Waals surface area contributed by atoms with Crippen LogP contribution in [0.2, 0.25) is 0 Å². The minimum atomic E-state index is 0. The van der Waals surface area contributed by atoms with Gasteiger partial charge >= 0.3 is 0 Å². The molecule has 0 amide bonds. The molecule has 1 aliphatic rings. The largest absolute Gasteiger partial charge is 0.316 e. The van der Waals surface area contributed by atoms with Crippen molar-refractivity contribution in [3.63, 3.8) is 0 Å². The number of fused-ring (bicyclic) bond motifs is 1. The molecule has 0 aliphatic carbocycles. The van der Waals surface area contributed by atoms with Crippen molar-refractivity contribution in [2.24, 2.45) is 0 Å². The zero-order valence-corrected chi connectivity index (χ0v) is 11.6. The fraction of sp³-hybridized carbons (Fsp3) is 0.385. The lowest BCUT2D eigenvalue weighted by molar-refractivity contribution is 0.461. The van der Waals surface area contributed by atoms with Crippen LogP contribution in [0.15, 0.2) is 30.6 Å². The van der Waals surface area contributed by atoms with Gasteiger partial charge in [-0.2, -0.15) is 0 Å². The van der Waals surface area contributed by atoms with Gasteiger partial charge in [-0.1, -0.05) is 0 Å². The van der Waals surface area contributed by atoms with E-state index in [0.29, 0.717) is 5.92 Å². The van der Waals surface area contributed by atoms with Crippen LogP contribution in [0.1, 0.15) is 24.3 Å². The Morgan fingerprint density at radius 1 is 1.22 bits per heavy atom. The van der Waals surface area contributed by atoms with E-state index in [2.05, 4.69) is 27.4 Å². The summed E-state index contributed by atoms with van der Waals surface area (Å²) >= 11 is 0. The van der Waals surface area contributed by atoms with E-state index >= 15 is 0 Å². The third-order valence-corrected chi connectivity index (χ3v) is 3.24. The van der Waals surface area contributed by atoms with Gasteiger partial charge in [0.2, 0.25) is 0 Å². The van der Waals surface area contributed by atoms with E-state index in [9.17, 15) is 0 Å². The van der Waals surface area contributed by atoms with Crippen LogP contribution in [0.4, 0.5) is 0 Å². The second-order valence-electron chi connectivity index (χ2n) is 4.36. The monoisotopic (exact) mass is 285 g/mol. The highest BCUT2D eigenvalue weighted by atomic mass is 35.5. The summed E-state index contributed by atoms with van der Waals surface area (Å²) in [5.41, 5.74) is 2.18. The quantitative estimate of drug-likeness (QED) is 0.876. The first-order valence-electron chi connectivity index (χ1n) is 5.85. The van der Waals surface area contributed by atoms with E-state index in [1.54, 1.807) is 6.20 Å². The second-order valence-corrected chi connectivity index (χ2v) is 4.36. The minimum Gasteiger partial charge on any atom is -0.316 e. The van der Waals surface area contributed by atoms with Crippen LogP contribution in [-0.4, -0.2) is 23.1 Å². The van der Waals surface area contributed by atoms with Gasteiger partial charge in [-0.25, -0.2) is 9.97 Å². The van der Waals surface area contributed by atoms with Crippen molar-refractivity contribution >= 4 is 35.8 Å². The number of piperidine rings is 1. The molecule has 0 aromatic carbocycles. The van der Waals surface area contributed by atoms with Crippen molar-refractivity contribution in [1.29, 1.82) is 0 Å². The second kappa shape index (κ2) is 6.88. The summed E-state index contributed by atoms with van der Waals surface area (Å²) in [6.07, 6.45) is 6.29. The molecule has 1 unspecified atom stereocenters. The highest BCUT2D eigenvalue weighted by Crippen LogP contribution is 2.24. The molecule has 1 aliphatic heterocycles. The molecule has 0 spiro atoms. The van der Waals surface area contributed by atoms with Crippen LogP contribution in [-0.2, 0) is 0 Å². The molecule has 98 valence electrons. The van der Waals surface area contributed by atoms with Crippen LogP contribution < -0.4 is 5.32 Å². The summed E-state index contributed by atoms with van der Waals surface area (Å²) in [6.45, 7) is 2.23. The van der Waals surface area contributed by atoms with Crippen molar-refractivity contribution in [1.82, 2.24) is 15.3 Å². The highest BCUT2D eigenvalue weighted by Gasteiger charge is 2.15. The Kier molecular flexibility index (Phi) is 5.79. The first-order valence-corrected chi connectivity index (χ1v) is 5.85. The first-order chi connectivity index (χ1) is 7.93. The average molecular weight is 286 g/mol. The number of halogens is 2.